The van der Waals surface area contributed by atoms with Crippen molar-refractivity contribution in [1.82, 2.24) is 20.4 Å². The largest absolute Gasteiger partial charge is 0.356 e. The zero-order chi connectivity index (χ0) is 19.7. The molecule has 3 heterocycles. The van der Waals surface area contributed by atoms with Crippen LogP contribution >= 0.6 is 11.3 Å². The lowest BCUT2D eigenvalue weighted by molar-refractivity contribution is -0.122. The molecule has 28 heavy (non-hydrogen) atoms. The first kappa shape index (κ1) is 18.6. The van der Waals surface area contributed by atoms with Crippen LogP contribution in [0.4, 0.5) is 5.95 Å². The molecule has 3 aromatic heterocycles. The predicted octanol–water partition coefficient (Wildman–Crippen LogP) is 3.66. The molecule has 0 radical (unpaired) electrons. The highest BCUT2D eigenvalue weighted by molar-refractivity contribution is 7.15. The van der Waals surface area contributed by atoms with Crippen molar-refractivity contribution in [2.75, 3.05) is 18.4 Å². The number of hydrogen-bond acceptors (Lipinski definition) is 7. The lowest BCUT2D eigenvalue weighted by Gasteiger charge is -2.09. The molecule has 8 heteroatoms. The van der Waals surface area contributed by atoms with Gasteiger partial charge in [0.15, 0.2) is 5.76 Å². The van der Waals surface area contributed by atoms with E-state index < -0.39 is 0 Å². The summed E-state index contributed by atoms with van der Waals surface area (Å²) in [5.74, 6) is 2.02. The zero-order valence-electron chi connectivity index (χ0n) is 16.2. The Morgan fingerprint density at radius 2 is 2.14 bits per heavy atom. The number of anilines is 1. The summed E-state index contributed by atoms with van der Waals surface area (Å²) >= 11 is 1.67. The number of aryl methyl sites for hydroxylation is 2. The van der Waals surface area contributed by atoms with Gasteiger partial charge >= 0.3 is 0 Å². The number of carbonyl (C=O) groups excluding carboxylic acids is 1. The van der Waals surface area contributed by atoms with Gasteiger partial charge in [0, 0.05) is 36.1 Å². The molecule has 0 bridgehead atoms. The highest BCUT2D eigenvalue weighted by atomic mass is 32.1. The number of hydrogen-bond donors (Lipinski definition) is 2. The molecular formula is C20H23N5O2S. The fourth-order valence-electron chi connectivity index (χ4n) is 3.07. The molecule has 7 nitrogen and oxygen atoms in total. The maximum Gasteiger partial charge on any atom is 0.223 e. The van der Waals surface area contributed by atoms with Crippen molar-refractivity contribution in [1.29, 1.82) is 0 Å². The molecule has 0 unspecified atom stereocenters. The normalized spacial score (nSPS) is 18.1. The summed E-state index contributed by atoms with van der Waals surface area (Å²) in [6, 6.07) is 6.00. The standard InChI is InChI=1S/C20H23N5O2S/c1-11-8-14(11)19(26)21-6-7-22-20-23-10-15(16-9-12(2)25-27-16)18(24-20)17-5-4-13(3)28-17/h4-5,9-11,14H,6-8H2,1-3H3,(H,21,26)(H,22,23,24)/t11-,14+/m0/s1. The third-order valence-corrected chi connectivity index (χ3v) is 5.82. The second kappa shape index (κ2) is 7.71. The van der Waals surface area contributed by atoms with Gasteiger partial charge in [0.2, 0.25) is 11.9 Å². The zero-order valence-corrected chi connectivity index (χ0v) is 17.0. The van der Waals surface area contributed by atoms with Crippen LogP contribution in [0.1, 0.15) is 23.9 Å². The summed E-state index contributed by atoms with van der Waals surface area (Å²) in [6.07, 6.45) is 2.75. The molecule has 0 aromatic carbocycles. The fourth-order valence-corrected chi connectivity index (χ4v) is 3.94. The first-order valence-electron chi connectivity index (χ1n) is 9.40. The lowest BCUT2D eigenvalue weighted by atomic mass is 10.1. The average molecular weight is 398 g/mol. The van der Waals surface area contributed by atoms with Crippen LogP contribution in [0.2, 0.25) is 0 Å². The van der Waals surface area contributed by atoms with E-state index in [-0.39, 0.29) is 11.8 Å². The Balaban J connectivity index is 1.48. The Kier molecular flexibility index (Phi) is 5.13. The van der Waals surface area contributed by atoms with Crippen LogP contribution in [0.5, 0.6) is 0 Å². The first-order chi connectivity index (χ1) is 13.5. The number of nitrogens with one attached hydrogen (secondary N) is 2. The third-order valence-electron chi connectivity index (χ3n) is 4.81. The summed E-state index contributed by atoms with van der Waals surface area (Å²) in [7, 11) is 0. The van der Waals surface area contributed by atoms with E-state index in [1.54, 1.807) is 17.5 Å². The molecule has 2 atom stereocenters. The number of nitrogens with zero attached hydrogens (tertiary/aromatic N) is 3. The molecule has 0 aliphatic heterocycles. The number of amides is 1. The van der Waals surface area contributed by atoms with Gasteiger partial charge in [0.25, 0.3) is 0 Å². The molecule has 2 N–H and O–H groups in total. The Labute approximate surface area is 167 Å². The molecule has 3 aromatic rings. The molecule has 0 saturated heterocycles. The number of carbonyl (C=O) groups is 1. The number of rotatable bonds is 7. The van der Waals surface area contributed by atoms with E-state index in [1.807, 2.05) is 13.0 Å². The molecule has 1 saturated carbocycles. The fraction of sp³-hybridized carbons (Fsp3) is 0.400. The quantitative estimate of drug-likeness (QED) is 0.591. The van der Waals surface area contributed by atoms with Crippen molar-refractivity contribution in [3.05, 3.63) is 35.0 Å². The Bertz CT molecular complexity index is 996. The van der Waals surface area contributed by atoms with Crippen LogP contribution in [0, 0.1) is 25.7 Å². The summed E-state index contributed by atoms with van der Waals surface area (Å²) in [5, 5.41) is 10.1. The van der Waals surface area contributed by atoms with E-state index in [4.69, 9.17) is 9.51 Å². The van der Waals surface area contributed by atoms with Crippen LogP contribution in [0.3, 0.4) is 0 Å². The summed E-state index contributed by atoms with van der Waals surface area (Å²) in [4.78, 5) is 23.3. The Morgan fingerprint density at radius 1 is 1.32 bits per heavy atom. The van der Waals surface area contributed by atoms with Gasteiger partial charge in [-0.05, 0) is 38.3 Å². The lowest BCUT2D eigenvalue weighted by Crippen LogP contribution is -2.30. The molecular weight excluding hydrogens is 374 g/mol. The topological polar surface area (TPSA) is 92.9 Å². The van der Waals surface area contributed by atoms with Crippen LogP contribution in [-0.4, -0.2) is 34.1 Å². The molecule has 1 fully saturated rings. The molecule has 0 spiro atoms. The smallest absolute Gasteiger partial charge is 0.223 e. The van der Waals surface area contributed by atoms with Crippen molar-refractivity contribution in [2.24, 2.45) is 11.8 Å². The summed E-state index contributed by atoms with van der Waals surface area (Å²) in [6.45, 7) is 7.16. The minimum atomic E-state index is 0.140. The molecule has 146 valence electrons. The number of thiophene rings is 1. The van der Waals surface area contributed by atoms with E-state index in [0.29, 0.717) is 30.7 Å². The molecule has 4 rings (SSSR count). The van der Waals surface area contributed by atoms with Crippen LogP contribution in [-0.2, 0) is 4.79 Å². The van der Waals surface area contributed by atoms with E-state index in [9.17, 15) is 4.79 Å². The van der Waals surface area contributed by atoms with Gasteiger partial charge in [-0.2, -0.15) is 0 Å². The van der Waals surface area contributed by atoms with Gasteiger partial charge in [-0.3, -0.25) is 4.79 Å². The van der Waals surface area contributed by atoms with Gasteiger partial charge in [0.05, 0.1) is 21.8 Å². The van der Waals surface area contributed by atoms with E-state index in [0.717, 1.165) is 28.2 Å². The van der Waals surface area contributed by atoms with Crippen molar-refractivity contribution >= 4 is 23.2 Å². The SMILES string of the molecule is Cc1cc(-c2cnc(NCCNC(=O)[C@@H]3C[C@@H]3C)nc2-c2ccc(C)s2)on1. The highest BCUT2D eigenvalue weighted by Crippen LogP contribution is 2.37. The predicted molar refractivity (Wildman–Crippen MR) is 109 cm³/mol. The maximum absolute atomic E-state index is 11.9. The van der Waals surface area contributed by atoms with Crippen LogP contribution in [0.15, 0.2) is 28.9 Å². The second-order valence-corrected chi connectivity index (χ2v) is 8.52. The van der Waals surface area contributed by atoms with E-state index in [1.165, 1.54) is 4.88 Å². The summed E-state index contributed by atoms with van der Waals surface area (Å²) in [5.41, 5.74) is 2.43. The van der Waals surface area contributed by atoms with Crippen LogP contribution < -0.4 is 10.6 Å². The van der Waals surface area contributed by atoms with Gasteiger partial charge in [-0.1, -0.05) is 12.1 Å². The van der Waals surface area contributed by atoms with Crippen molar-refractivity contribution < 1.29 is 9.32 Å². The van der Waals surface area contributed by atoms with Gasteiger partial charge in [0.1, 0.15) is 0 Å². The van der Waals surface area contributed by atoms with E-state index >= 15 is 0 Å². The van der Waals surface area contributed by atoms with Crippen molar-refractivity contribution in [3.8, 4) is 21.9 Å². The maximum atomic E-state index is 11.9. The minimum absolute atomic E-state index is 0.140. The minimum Gasteiger partial charge on any atom is -0.356 e. The monoisotopic (exact) mass is 397 g/mol. The van der Waals surface area contributed by atoms with Gasteiger partial charge in [-0.15, -0.1) is 11.3 Å². The van der Waals surface area contributed by atoms with Crippen molar-refractivity contribution in [2.45, 2.75) is 27.2 Å². The number of aromatic nitrogens is 3. The van der Waals surface area contributed by atoms with Crippen LogP contribution in [0.25, 0.3) is 21.9 Å². The molecule has 1 aliphatic rings. The highest BCUT2D eigenvalue weighted by Gasteiger charge is 2.38. The van der Waals surface area contributed by atoms with Crippen molar-refractivity contribution in [3.63, 3.8) is 0 Å². The summed E-state index contributed by atoms with van der Waals surface area (Å²) < 4.78 is 5.43. The first-order valence-corrected chi connectivity index (χ1v) is 10.2. The third kappa shape index (κ3) is 4.06. The average Bonchev–Trinajstić information content (AvgIpc) is 3.03. The molecule has 1 amide bonds. The Hall–Kier alpha value is -2.74. The van der Waals surface area contributed by atoms with Gasteiger partial charge < -0.3 is 15.2 Å². The second-order valence-electron chi connectivity index (χ2n) is 7.24. The van der Waals surface area contributed by atoms with E-state index in [2.05, 4.69) is 46.8 Å². The molecule has 1 aliphatic carbocycles. The Morgan fingerprint density at radius 3 is 2.79 bits per heavy atom. The van der Waals surface area contributed by atoms with Gasteiger partial charge in [-0.25, -0.2) is 9.97 Å².